The third kappa shape index (κ3) is 8.61. The van der Waals surface area contributed by atoms with Crippen LogP contribution < -0.4 is 10.6 Å². The molecule has 0 aliphatic carbocycles. The number of hydrogen-bond donors (Lipinski definition) is 2. The van der Waals surface area contributed by atoms with Crippen LogP contribution in [-0.2, 0) is 13.1 Å². The molecule has 5 nitrogen and oxygen atoms in total. The molecule has 0 spiro atoms. The number of likely N-dealkylation sites (tertiary alicyclic amines) is 1. The molecule has 1 aliphatic heterocycles. The highest BCUT2D eigenvalue weighted by molar-refractivity contribution is 5.79. The summed E-state index contributed by atoms with van der Waals surface area (Å²) in [6, 6.07) is 9.58. The average Bonchev–Trinajstić information content (AvgIpc) is 3.19. The van der Waals surface area contributed by atoms with E-state index in [0.29, 0.717) is 6.04 Å². The summed E-state index contributed by atoms with van der Waals surface area (Å²) in [5.74, 6) is 0.917. The first-order chi connectivity index (χ1) is 13.6. The second-order valence-corrected chi connectivity index (χ2v) is 8.20. The van der Waals surface area contributed by atoms with E-state index in [4.69, 9.17) is 4.99 Å². The Morgan fingerprint density at radius 1 is 1.07 bits per heavy atom. The molecule has 0 amide bonds. The van der Waals surface area contributed by atoms with E-state index in [2.05, 4.69) is 72.5 Å². The van der Waals surface area contributed by atoms with E-state index in [1.54, 1.807) is 0 Å². The van der Waals surface area contributed by atoms with Crippen LogP contribution in [-0.4, -0.2) is 61.6 Å². The summed E-state index contributed by atoms with van der Waals surface area (Å²) in [6.07, 6.45) is 5.06. The van der Waals surface area contributed by atoms with Crippen molar-refractivity contribution in [3.8, 4) is 0 Å². The van der Waals surface area contributed by atoms with E-state index < -0.39 is 0 Å². The van der Waals surface area contributed by atoms with Crippen LogP contribution in [0.5, 0.6) is 0 Å². The molecule has 28 heavy (non-hydrogen) atoms. The van der Waals surface area contributed by atoms with Crippen molar-refractivity contribution in [2.75, 3.05) is 39.8 Å². The van der Waals surface area contributed by atoms with Crippen LogP contribution in [0.3, 0.4) is 0 Å². The van der Waals surface area contributed by atoms with Crippen LogP contribution in [0.25, 0.3) is 0 Å². The largest absolute Gasteiger partial charge is 0.357 e. The Labute approximate surface area is 172 Å². The fraction of sp³-hybridized carbons (Fsp3) is 0.696. The molecule has 0 aromatic heterocycles. The van der Waals surface area contributed by atoms with Gasteiger partial charge in [-0.3, -0.25) is 4.90 Å². The van der Waals surface area contributed by atoms with Gasteiger partial charge in [-0.15, -0.1) is 0 Å². The minimum absolute atomic E-state index is 0.619. The monoisotopic (exact) mass is 387 g/mol. The quantitative estimate of drug-likeness (QED) is 0.347. The van der Waals surface area contributed by atoms with Gasteiger partial charge >= 0.3 is 0 Å². The van der Waals surface area contributed by atoms with E-state index in [-0.39, 0.29) is 0 Å². The van der Waals surface area contributed by atoms with Crippen LogP contribution in [0, 0.1) is 0 Å². The Hall–Kier alpha value is -1.59. The van der Waals surface area contributed by atoms with E-state index in [1.807, 2.05) is 0 Å². The molecule has 0 radical (unpaired) electrons. The second-order valence-electron chi connectivity index (χ2n) is 8.20. The molecule has 5 heteroatoms. The van der Waals surface area contributed by atoms with Gasteiger partial charge in [0.05, 0.1) is 6.54 Å². The molecule has 1 aromatic carbocycles. The third-order valence-corrected chi connectivity index (χ3v) is 5.50. The van der Waals surface area contributed by atoms with Gasteiger partial charge in [0.15, 0.2) is 5.96 Å². The van der Waals surface area contributed by atoms with Gasteiger partial charge in [0, 0.05) is 25.7 Å². The van der Waals surface area contributed by atoms with Crippen molar-refractivity contribution in [3.63, 3.8) is 0 Å². The maximum atomic E-state index is 4.75. The molecule has 1 aromatic rings. The predicted molar refractivity (Wildman–Crippen MR) is 121 cm³/mol. The predicted octanol–water partition coefficient (Wildman–Crippen LogP) is 3.46. The second kappa shape index (κ2) is 12.8. The summed E-state index contributed by atoms with van der Waals surface area (Å²) in [6.45, 7) is 13.9. The van der Waals surface area contributed by atoms with E-state index in [0.717, 1.165) is 45.1 Å². The van der Waals surface area contributed by atoms with Gasteiger partial charge < -0.3 is 15.5 Å². The summed E-state index contributed by atoms with van der Waals surface area (Å²) >= 11 is 0. The molecule has 1 fully saturated rings. The first-order valence-corrected chi connectivity index (χ1v) is 11.1. The molecule has 0 bridgehead atoms. The standard InChI is InChI=1S/C23H41N5/c1-5-24-23(25-14-6-7-15-27(4)20(2)3)26-18-21-10-12-22(13-11-21)19-28-16-8-9-17-28/h10-13,20H,5-9,14-19H2,1-4H3,(H2,24,25,26). The van der Waals surface area contributed by atoms with Gasteiger partial charge in [-0.2, -0.15) is 0 Å². The SMILES string of the molecule is CCNC(=NCc1ccc(CN2CCCC2)cc1)NCCCCN(C)C(C)C. The lowest BCUT2D eigenvalue weighted by Crippen LogP contribution is -2.38. The third-order valence-electron chi connectivity index (χ3n) is 5.50. The van der Waals surface area contributed by atoms with Crippen LogP contribution in [0.15, 0.2) is 29.3 Å². The van der Waals surface area contributed by atoms with Gasteiger partial charge in [-0.1, -0.05) is 24.3 Å². The zero-order valence-corrected chi connectivity index (χ0v) is 18.5. The van der Waals surface area contributed by atoms with Gasteiger partial charge in [0.25, 0.3) is 0 Å². The topological polar surface area (TPSA) is 42.9 Å². The molecule has 158 valence electrons. The van der Waals surface area contributed by atoms with E-state index >= 15 is 0 Å². The highest BCUT2D eigenvalue weighted by atomic mass is 15.2. The van der Waals surface area contributed by atoms with Crippen molar-refractivity contribution in [3.05, 3.63) is 35.4 Å². The number of rotatable bonds is 11. The summed E-state index contributed by atoms with van der Waals surface area (Å²) in [4.78, 5) is 9.69. The number of guanidine groups is 1. The number of aliphatic imine (C=N–C) groups is 1. The van der Waals surface area contributed by atoms with Crippen LogP contribution >= 0.6 is 0 Å². The van der Waals surface area contributed by atoms with Gasteiger partial charge in [0.2, 0.25) is 0 Å². The van der Waals surface area contributed by atoms with Crippen molar-refractivity contribution < 1.29 is 0 Å². The summed E-state index contributed by atoms with van der Waals surface area (Å²) in [7, 11) is 2.19. The van der Waals surface area contributed by atoms with Crippen molar-refractivity contribution in [2.24, 2.45) is 4.99 Å². The van der Waals surface area contributed by atoms with Gasteiger partial charge in [-0.05, 0) is 84.3 Å². The minimum atomic E-state index is 0.619. The lowest BCUT2D eigenvalue weighted by molar-refractivity contribution is 0.268. The highest BCUT2D eigenvalue weighted by Gasteiger charge is 2.11. The Morgan fingerprint density at radius 3 is 2.39 bits per heavy atom. The first-order valence-electron chi connectivity index (χ1n) is 11.1. The zero-order chi connectivity index (χ0) is 20.2. The Bertz CT molecular complexity index is 561. The molecule has 0 atom stereocenters. The molecule has 1 saturated heterocycles. The Balaban J connectivity index is 1.73. The van der Waals surface area contributed by atoms with Crippen LogP contribution in [0.1, 0.15) is 57.6 Å². The number of nitrogens with zero attached hydrogens (tertiary/aromatic N) is 3. The van der Waals surface area contributed by atoms with E-state index in [9.17, 15) is 0 Å². The van der Waals surface area contributed by atoms with Gasteiger partial charge in [0.1, 0.15) is 0 Å². The molecule has 2 N–H and O–H groups in total. The van der Waals surface area contributed by atoms with Crippen molar-refractivity contribution in [1.29, 1.82) is 0 Å². The molecular formula is C23H41N5. The Morgan fingerprint density at radius 2 is 1.75 bits per heavy atom. The van der Waals surface area contributed by atoms with Crippen molar-refractivity contribution >= 4 is 5.96 Å². The number of nitrogens with one attached hydrogen (secondary N) is 2. The maximum absolute atomic E-state index is 4.75. The smallest absolute Gasteiger partial charge is 0.191 e. The molecule has 0 saturated carbocycles. The summed E-state index contributed by atoms with van der Waals surface area (Å²) in [5.41, 5.74) is 2.67. The van der Waals surface area contributed by atoms with Gasteiger partial charge in [-0.25, -0.2) is 4.99 Å². The molecule has 1 heterocycles. The fourth-order valence-corrected chi connectivity index (χ4v) is 3.41. The molecular weight excluding hydrogens is 346 g/mol. The van der Waals surface area contributed by atoms with Crippen molar-refractivity contribution in [2.45, 2.75) is 65.6 Å². The summed E-state index contributed by atoms with van der Waals surface area (Å²) < 4.78 is 0. The Kier molecular flexibility index (Phi) is 10.4. The van der Waals surface area contributed by atoms with E-state index in [1.165, 1.54) is 43.5 Å². The van der Waals surface area contributed by atoms with Crippen molar-refractivity contribution in [1.82, 2.24) is 20.4 Å². The number of hydrogen-bond acceptors (Lipinski definition) is 3. The lowest BCUT2D eigenvalue weighted by atomic mass is 10.1. The minimum Gasteiger partial charge on any atom is -0.357 e. The van der Waals surface area contributed by atoms with Crippen LogP contribution in [0.2, 0.25) is 0 Å². The normalized spacial score (nSPS) is 15.6. The summed E-state index contributed by atoms with van der Waals surface area (Å²) in [5, 5.41) is 6.82. The lowest BCUT2D eigenvalue weighted by Gasteiger charge is -2.20. The number of unbranched alkanes of at least 4 members (excludes halogenated alkanes) is 1. The maximum Gasteiger partial charge on any atom is 0.191 e. The highest BCUT2D eigenvalue weighted by Crippen LogP contribution is 2.13. The molecule has 1 aliphatic rings. The fourth-order valence-electron chi connectivity index (χ4n) is 3.41. The molecule has 2 rings (SSSR count). The molecule has 0 unspecified atom stereocenters. The average molecular weight is 388 g/mol. The zero-order valence-electron chi connectivity index (χ0n) is 18.5. The number of benzene rings is 1. The first kappa shape index (κ1) is 22.7. The van der Waals surface area contributed by atoms with Crippen LogP contribution in [0.4, 0.5) is 0 Å².